The van der Waals surface area contributed by atoms with Crippen molar-refractivity contribution in [2.75, 3.05) is 11.5 Å². The molecule has 0 aliphatic carbocycles. The highest BCUT2D eigenvalue weighted by molar-refractivity contribution is 5.97. The van der Waals surface area contributed by atoms with Gasteiger partial charge >= 0.3 is 0 Å². The molecule has 1 aliphatic heterocycles. The van der Waals surface area contributed by atoms with Crippen molar-refractivity contribution in [3.63, 3.8) is 0 Å². The number of nitrogens with zero attached hydrogens (tertiary/aromatic N) is 3. The van der Waals surface area contributed by atoms with Gasteiger partial charge in [0.15, 0.2) is 6.61 Å². The predicted octanol–water partition coefficient (Wildman–Crippen LogP) is 4.65. The van der Waals surface area contributed by atoms with Gasteiger partial charge in [0.25, 0.3) is 5.91 Å². The van der Waals surface area contributed by atoms with E-state index in [-0.39, 0.29) is 18.6 Å². The maximum absolute atomic E-state index is 12.8. The minimum atomic E-state index is -0.0306. The number of hydrogen-bond donors (Lipinski definition) is 0. The molecule has 2 heterocycles. The summed E-state index contributed by atoms with van der Waals surface area (Å²) < 4.78 is 5.78. The fourth-order valence-electron chi connectivity index (χ4n) is 3.98. The van der Waals surface area contributed by atoms with Gasteiger partial charge in [0.05, 0.1) is 22.9 Å². The summed E-state index contributed by atoms with van der Waals surface area (Å²) >= 11 is 0. The molecule has 0 unspecified atom stereocenters. The highest BCUT2D eigenvalue weighted by atomic mass is 16.5. The fraction of sp³-hybridized carbons (Fsp3) is 0.160. The maximum Gasteiger partial charge on any atom is 0.265 e. The highest BCUT2D eigenvalue weighted by Crippen LogP contribution is 2.32. The van der Waals surface area contributed by atoms with Crippen molar-refractivity contribution < 1.29 is 9.53 Å². The number of ether oxygens (including phenoxy) is 1. The molecule has 5 rings (SSSR count). The second kappa shape index (κ2) is 7.59. The Morgan fingerprint density at radius 2 is 1.73 bits per heavy atom. The number of hydrogen-bond acceptors (Lipinski definition) is 4. The second-order valence-corrected chi connectivity index (χ2v) is 7.50. The number of amides is 1. The van der Waals surface area contributed by atoms with Crippen LogP contribution in [0.1, 0.15) is 12.5 Å². The van der Waals surface area contributed by atoms with E-state index in [1.165, 1.54) is 5.56 Å². The van der Waals surface area contributed by atoms with E-state index in [2.05, 4.69) is 23.0 Å². The number of benzene rings is 3. The summed E-state index contributed by atoms with van der Waals surface area (Å²) in [5.74, 6) is 0.623. The van der Waals surface area contributed by atoms with E-state index in [0.29, 0.717) is 5.75 Å². The van der Waals surface area contributed by atoms with Crippen LogP contribution in [0.2, 0.25) is 0 Å². The smallest absolute Gasteiger partial charge is 0.265 e. The van der Waals surface area contributed by atoms with Gasteiger partial charge in [0.2, 0.25) is 0 Å². The SMILES string of the molecule is C[C@H]1Cc2ccccc2N1C(=O)COc1ccc(-c2cnc3ccccc3n2)cc1. The summed E-state index contributed by atoms with van der Waals surface area (Å²) in [4.78, 5) is 23.8. The first-order valence-electron chi connectivity index (χ1n) is 10.0. The molecule has 0 fully saturated rings. The Morgan fingerprint density at radius 3 is 2.57 bits per heavy atom. The number of para-hydroxylation sites is 3. The van der Waals surface area contributed by atoms with E-state index in [0.717, 1.165) is 34.4 Å². The first-order chi connectivity index (χ1) is 14.7. The molecule has 0 radical (unpaired) electrons. The third kappa shape index (κ3) is 3.39. The molecular formula is C25H21N3O2. The van der Waals surface area contributed by atoms with Crippen molar-refractivity contribution in [2.45, 2.75) is 19.4 Å². The highest BCUT2D eigenvalue weighted by Gasteiger charge is 2.30. The van der Waals surface area contributed by atoms with E-state index < -0.39 is 0 Å². The van der Waals surface area contributed by atoms with Crippen molar-refractivity contribution in [2.24, 2.45) is 0 Å². The molecule has 148 valence electrons. The van der Waals surface area contributed by atoms with Crippen molar-refractivity contribution >= 4 is 22.6 Å². The van der Waals surface area contributed by atoms with E-state index in [4.69, 9.17) is 4.74 Å². The molecular weight excluding hydrogens is 374 g/mol. The van der Waals surface area contributed by atoms with Crippen LogP contribution < -0.4 is 9.64 Å². The quantitative estimate of drug-likeness (QED) is 0.505. The maximum atomic E-state index is 12.8. The van der Waals surface area contributed by atoms with E-state index >= 15 is 0 Å². The number of fused-ring (bicyclic) bond motifs is 2. The summed E-state index contributed by atoms with van der Waals surface area (Å²) in [5, 5.41) is 0. The topological polar surface area (TPSA) is 55.3 Å². The molecule has 3 aromatic carbocycles. The van der Waals surface area contributed by atoms with Gasteiger partial charge < -0.3 is 9.64 Å². The van der Waals surface area contributed by atoms with Crippen molar-refractivity contribution in [3.05, 3.63) is 84.6 Å². The first kappa shape index (κ1) is 18.3. The fourth-order valence-corrected chi connectivity index (χ4v) is 3.98. The summed E-state index contributed by atoms with van der Waals surface area (Å²) in [6.07, 6.45) is 2.65. The van der Waals surface area contributed by atoms with Gasteiger partial charge in [0.1, 0.15) is 5.75 Å². The molecule has 5 nitrogen and oxygen atoms in total. The zero-order chi connectivity index (χ0) is 20.5. The lowest BCUT2D eigenvalue weighted by Crippen LogP contribution is -2.39. The van der Waals surface area contributed by atoms with Crippen LogP contribution in [0.3, 0.4) is 0 Å². The summed E-state index contributed by atoms with van der Waals surface area (Å²) in [6, 6.07) is 23.6. The summed E-state index contributed by atoms with van der Waals surface area (Å²) in [6.45, 7) is 2.07. The normalized spacial score (nSPS) is 15.2. The van der Waals surface area contributed by atoms with Crippen molar-refractivity contribution in [1.29, 1.82) is 0 Å². The number of rotatable bonds is 4. The lowest BCUT2D eigenvalue weighted by molar-refractivity contribution is -0.120. The molecule has 0 saturated carbocycles. The van der Waals surface area contributed by atoms with Crippen molar-refractivity contribution in [1.82, 2.24) is 9.97 Å². The molecule has 0 spiro atoms. The zero-order valence-electron chi connectivity index (χ0n) is 16.7. The summed E-state index contributed by atoms with van der Waals surface area (Å²) in [5.41, 5.74) is 5.69. The lowest BCUT2D eigenvalue weighted by Gasteiger charge is -2.22. The first-order valence-corrected chi connectivity index (χ1v) is 10.0. The number of anilines is 1. The monoisotopic (exact) mass is 395 g/mol. The molecule has 4 aromatic rings. The minimum absolute atomic E-state index is 0.00774. The van der Waals surface area contributed by atoms with Crippen molar-refractivity contribution in [3.8, 4) is 17.0 Å². The molecule has 1 aromatic heterocycles. The largest absolute Gasteiger partial charge is 0.484 e. The Hall–Kier alpha value is -3.73. The molecule has 30 heavy (non-hydrogen) atoms. The van der Waals surface area contributed by atoms with Crippen LogP contribution >= 0.6 is 0 Å². The molecule has 0 N–H and O–H groups in total. The van der Waals surface area contributed by atoms with Crippen LogP contribution in [-0.2, 0) is 11.2 Å². The zero-order valence-corrected chi connectivity index (χ0v) is 16.7. The molecule has 0 saturated heterocycles. The number of aromatic nitrogens is 2. The predicted molar refractivity (Wildman–Crippen MR) is 118 cm³/mol. The number of carbonyl (C=O) groups excluding carboxylic acids is 1. The number of carbonyl (C=O) groups is 1. The Kier molecular flexibility index (Phi) is 4.64. The lowest BCUT2D eigenvalue weighted by atomic mass is 10.1. The molecule has 1 aliphatic rings. The van der Waals surface area contributed by atoms with Crippen LogP contribution in [0.15, 0.2) is 79.0 Å². The van der Waals surface area contributed by atoms with Crippen LogP contribution in [0.5, 0.6) is 5.75 Å². The Labute approximate surface area is 175 Å². The van der Waals surface area contributed by atoms with Gasteiger partial charge in [-0.05, 0) is 61.4 Å². The van der Waals surface area contributed by atoms with Gasteiger partial charge in [-0.15, -0.1) is 0 Å². The average Bonchev–Trinajstić information content (AvgIpc) is 3.13. The van der Waals surface area contributed by atoms with E-state index in [1.54, 1.807) is 6.20 Å². The van der Waals surface area contributed by atoms with Gasteiger partial charge in [0, 0.05) is 17.3 Å². The standard InChI is InChI=1S/C25H21N3O2/c1-17-14-19-6-2-5-9-24(19)28(17)25(29)16-30-20-12-10-18(11-13-20)23-15-26-21-7-3-4-8-22(21)27-23/h2-13,15,17H,14,16H2,1H3/t17-/m0/s1. The second-order valence-electron chi connectivity index (χ2n) is 7.50. The third-order valence-corrected chi connectivity index (χ3v) is 5.44. The van der Waals surface area contributed by atoms with E-state index in [1.807, 2.05) is 71.6 Å². The van der Waals surface area contributed by atoms with Gasteiger partial charge in [-0.25, -0.2) is 4.98 Å². The Bertz CT molecular complexity index is 1220. The molecule has 1 amide bonds. The Balaban J connectivity index is 1.28. The summed E-state index contributed by atoms with van der Waals surface area (Å²) in [7, 11) is 0. The van der Waals surface area contributed by atoms with Crippen LogP contribution in [0.4, 0.5) is 5.69 Å². The minimum Gasteiger partial charge on any atom is -0.484 e. The van der Waals surface area contributed by atoms with Crippen LogP contribution in [0, 0.1) is 0 Å². The average molecular weight is 395 g/mol. The van der Waals surface area contributed by atoms with Gasteiger partial charge in [-0.3, -0.25) is 9.78 Å². The molecule has 5 heteroatoms. The molecule has 0 bridgehead atoms. The Morgan fingerprint density at radius 1 is 1.00 bits per heavy atom. The third-order valence-electron chi connectivity index (χ3n) is 5.44. The van der Waals surface area contributed by atoms with Gasteiger partial charge in [-0.2, -0.15) is 0 Å². The van der Waals surface area contributed by atoms with E-state index in [9.17, 15) is 4.79 Å². The molecule has 1 atom stereocenters. The van der Waals surface area contributed by atoms with Gasteiger partial charge in [-0.1, -0.05) is 30.3 Å². The van der Waals surface area contributed by atoms with Crippen LogP contribution in [0.25, 0.3) is 22.3 Å². The van der Waals surface area contributed by atoms with Crippen LogP contribution in [-0.4, -0.2) is 28.5 Å².